The second kappa shape index (κ2) is 8.37. The van der Waals surface area contributed by atoms with E-state index in [4.69, 9.17) is 4.74 Å². The van der Waals surface area contributed by atoms with Crippen molar-refractivity contribution in [3.05, 3.63) is 34.3 Å². The Kier molecular flexibility index (Phi) is 5.79. The van der Waals surface area contributed by atoms with Gasteiger partial charge in [-0.15, -0.1) is 10.2 Å². The molecule has 2 atom stereocenters. The summed E-state index contributed by atoms with van der Waals surface area (Å²) in [4.78, 5) is 39.9. The van der Waals surface area contributed by atoms with Crippen LogP contribution in [0.5, 0.6) is 5.75 Å². The minimum absolute atomic E-state index is 0.0413. The summed E-state index contributed by atoms with van der Waals surface area (Å²) in [6, 6.07) is 4.94. The zero-order valence-electron chi connectivity index (χ0n) is 17.9. The van der Waals surface area contributed by atoms with Crippen molar-refractivity contribution in [1.29, 1.82) is 0 Å². The van der Waals surface area contributed by atoms with Crippen LogP contribution in [0.3, 0.4) is 0 Å². The number of carbonyl (C=O) groups is 3. The monoisotopic (exact) mass is 442 g/mol. The third-order valence-electron chi connectivity index (χ3n) is 6.01. The highest BCUT2D eigenvalue weighted by molar-refractivity contribution is 7.15. The molecule has 0 bridgehead atoms. The van der Waals surface area contributed by atoms with Crippen LogP contribution in [0.1, 0.15) is 60.5 Å². The number of hydrogen-bond donors (Lipinski definition) is 1. The van der Waals surface area contributed by atoms with Gasteiger partial charge < -0.3 is 9.64 Å². The third kappa shape index (κ3) is 4.32. The molecule has 1 aromatic heterocycles. The molecule has 1 aromatic carbocycles. The first kappa shape index (κ1) is 21.4. The smallest absolute Gasteiger partial charge is 0.248 e. The molecule has 1 N–H and O–H groups in total. The van der Waals surface area contributed by atoms with Gasteiger partial charge in [0, 0.05) is 19.4 Å². The molecule has 0 saturated carbocycles. The van der Waals surface area contributed by atoms with E-state index in [0.29, 0.717) is 35.8 Å². The highest BCUT2D eigenvalue weighted by atomic mass is 32.1. The van der Waals surface area contributed by atoms with E-state index in [-0.39, 0.29) is 30.4 Å². The van der Waals surface area contributed by atoms with Crippen LogP contribution in [0, 0.1) is 6.92 Å². The van der Waals surface area contributed by atoms with Crippen molar-refractivity contribution in [2.45, 2.75) is 64.5 Å². The Balaban J connectivity index is 1.46. The number of likely N-dealkylation sites (tertiary alicyclic amines) is 1. The van der Waals surface area contributed by atoms with Gasteiger partial charge in [-0.05, 0) is 38.8 Å². The minimum atomic E-state index is -0.713. The summed E-state index contributed by atoms with van der Waals surface area (Å²) in [6.45, 7) is 5.96. The largest absolute Gasteiger partial charge is 0.486 e. The molecule has 2 unspecified atom stereocenters. The average Bonchev–Trinajstić information content (AvgIpc) is 3.14. The Labute approximate surface area is 185 Å². The van der Waals surface area contributed by atoms with Gasteiger partial charge in [-0.2, -0.15) is 0 Å². The highest BCUT2D eigenvalue weighted by Gasteiger charge is 2.44. The van der Waals surface area contributed by atoms with E-state index in [1.165, 1.54) is 11.3 Å². The number of hydrogen-bond acceptors (Lipinski definition) is 7. The van der Waals surface area contributed by atoms with Gasteiger partial charge in [0.1, 0.15) is 22.4 Å². The van der Waals surface area contributed by atoms with Crippen molar-refractivity contribution in [2.75, 3.05) is 11.9 Å². The quantitative estimate of drug-likeness (QED) is 0.781. The summed E-state index contributed by atoms with van der Waals surface area (Å²) in [5, 5.41) is 12.0. The van der Waals surface area contributed by atoms with Crippen molar-refractivity contribution in [2.24, 2.45) is 0 Å². The summed E-state index contributed by atoms with van der Waals surface area (Å²) in [6.07, 6.45) is 2.16. The molecule has 8 nitrogen and oxygen atoms in total. The number of Topliss-reactive ketones (excluding diaryl/α,β-unsaturated/α-hetero) is 1. The van der Waals surface area contributed by atoms with Gasteiger partial charge in [-0.1, -0.05) is 29.9 Å². The van der Waals surface area contributed by atoms with E-state index in [1.54, 1.807) is 11.8 Å². The van der Waals surface area contributed by atoms with Crippen LogP contribution in [0.15, 0.2) is 18.2 Å². The van der Waals surface area contributed by atoms with Gasteiger partial charge in [0.15, 0.2) is 5.78 Å². The van der Waals surface area contributed by atoms with Gasteiger partial charge >= 0.3 is 0 Å². The number of rotatable bonds is 4. The van der Waals surface area contributed by atoms with E-state index in [0.717, 1.165) is 17.0 Å². The maximum absolute atomic E-state index is 12.8. The van der Waals surface area contributed by atoms with E-state index in [9.17, 15) is 14.4 Å². The lowest BCUT2D eigenvalue weighted by molar-refractivity contribution is -0.137. The third-order valence-corrected chi connectivity index (χ3v) is 7.00. The second-order valence-corrected chi connectivity index (χ2v) is 9.30. The summed E-state index contributed by atoms with van der Waals surface area (Å²) in [7, 11) is 0. The number of ketones is 1. The van der Waals surface area contributed by atoms with Crippen LogP contribution < -0.4 is 10.1 Å². The molecule has 1 saturated heterocycles. The Morgan fingerprint density at radius 2 is 2.13 bits per heavy atom. The number of anilines is 1. The zero-order valence-corrected chi connectivity index (χ0v) is 18.8. The van der Waals surface area contributed by atoms with Gasteiger partial charge in [0.2, 0.25) is 16.9 Å². The number of nitrogens with one attached hydrogen (secondary N) is 1. The summed E-state index contributed by atoms with van der Waals surface area (Å²) >= 11 is 1.33. The molecule has 0 radical (unpaired) electrons. The lowest BCUT2D eigenvalue weighted by Gasteiger charge is -2.37. The normalized spacial score (nSPS) is 22.0. The lowest BCUT2D eigenvalue weighted by Crippen LogP contribution is -2.46. The molecule has 1 fully saturated rings. The maximum atomic E-state index is 12.8. The number of amides is 2. The number of aromatic nitrogens is 2. The molecule has 2 amide bonds. The molecule has 3 heterocycles. The standard InChI is InChI=1S/C22H26N4O4S/c1-4-18-24-25-21(31-18)23-20(29)14(3)26-10-9-22(8-7-19(26)28)12-16(27)15-11-13(2)5-6-17(15)30-22/h5-6,11,14H,4,7-10,12H2,1-3H3,(H,23,25,29). The molecular weight excluding hydrogens is 416 g/mol. The molecule has 2 aliphatic rings. The lowest BCUT2D eigenvalue weighted by atomic mass is 9.84. The Morgan fingerprint density at radius 1 is 1.32 bits per heavy atom. The summed E-state index contributed by atoms with van der Waals surface area (Å²) < 4.78 is 6.30. The Bertz CT molecular complexity index is 1040. The number of aryl methyl sites for hydroxylation is 2. The maximum Gasteiger partial charge on any atom is 0.248 e. The number of nitrogens with zero attached hydrogens (tertiary/aromatic N) is 3. The topological polar surface area (TPSA) is 101 Å². The fraction of sp³-hybridized carbons (Fsp3) is 0.500. The van der Waals surface area contributed by atoms with Crippen LogP contribution in [0.2, 0.25) is 0 Å². The van der Waals surface area contributed by atoms with Gasteiger partial charge in [-0.3, -0.25) is 19.7 Å². The fourth-order valence-corrected chi connectivity index (χ4v) is 4.83. The molecule has 31 heavy (non-hydrogen) atoms. The van der Waals surface area contributed by atoms with E-state index in [1.807, 2.05) is 32.0 Å². The average molecular weight is 443 g/mol. The molecule has 4 rings (SSSR count). The molecule has 9 heteroatoms. The second-order valence-electron chi connectivity index (χ2n) is 8.24. The molecule has 2 aromatic rings. The first-order valence-corrected chi connectivity index (χ1v) is 11.4. The summed E-state index contributed by atoms with van der Waals surface area (Å²) in [5.41, 5.74) is 0.902. The zero-order chi connectivity index (χ0) is 22.2. The van der Waals surface area contributed by atoms with Crippen LogP contribution in [-0.4, -0.2) is 50.9 Å². The van der Waals surface area contributed by atoms with Crippen molar-refractivity contribution in [3.63, 3.8) is 0 Å². The van der Waals surface area contributed by atoms with Crippen LogP contribution in [0.25, 0.3) is 0 Å². The van der Waals surface area contributed by atoms with Crippen molar-refractivity contribution in [1.82, 2.24) is 15.1 Å². The van der Waals surface area contributed by atoms with Gasteiger partial charge in [0.25, 0.3) is 0 Å². The van der Waals surface area contributed by atoms with Crippen molar-refractivity contribution >= 4 is 34.1 Å². The van der Waals surface area contributed by atoms with Crippen LogP contribution in [-0.2, 0) is 16.0 Å². The van der Waals surface area contributed by atoms with Crippen molar-refractivity contribution < 1.29 is 19.1 Å². The number of benzene rings is 1. The first-order chi connectivity index (χ1) is 14.8. The van der Waals surface area contributed by atoms with Gasteiger partial charge in [0.05, 0.1) is 12.0 Å². The van der Waals surface area contributed by atoms with Crippen LogP contribution in [0.4, 0.5) is 5.13 Å². The SMILES string of the molecule is CCc1nnc(NC(=O)C(C)N2CCC3(CCC2=O)CC(=O)c2cc(C)ccc2O3)s1. The predicted octanol–water partition coefficient (Wildman–Crippen LogP) is 3.15. The predicted molar refractivity (Wildman–Crippen MR) is 116 cm³/mol. The molecule has 1 spiro atoms. The Hall–Kier alpha value is -2.81. The molecule has 0 aliphatic carbocycles. The van der Waals surface area contributed by atoms with Crippen molar-refractivity contribution in [3.8, 4) is 5.75 Å². The van der Waals surface area contributed by atoms with E-state index < -0.39 is 11.6 Å². The van der Waals surface area contributed by atoms with E-state index in [2.05, 4.69) is 15.5 Å². The molecular formula is C22H26N4O4S. The number of ether oxygens (including phenoxy) is 1. The first-order valence-electron chi connectivity index (χ1n) is 10.6. The van der Waals surface area contributed by atoms with E-state index >= 15 is 0 Å². The minimum Gasteiger partial charge on any atom is -0.486 e. The number of carbonyl (C=O) groups excluding carboxylic acids is 3. The fourth-order valence-electron chi connectivity index (χ4n) is 4.15. The summed E-state index contributed by atoms with van der Waals surface area (Å²) in [5.74, 6) is 0.206. The molecule has 2 aliphatic heterocycles. The van der Waals surface area contributed by atoms with Gasteiger partial charge in [-0.25, -0.2) is 0 Å². The van der Waals surface area contributed by atoms with Crippen LogP contribution >= 0.6 is 11.3 Å². The highest BCUT2D eigenvalue weighted by Crippen LogP contribution is 2.40. The number of fused-ring (bicyclic) bond motifs is 1. The Morgan fingerprint density at radius 3 is 2.87 bits per heavy atom. The molecule has 164 valence electrons.